The van der Waals surface area contributed by atoms with Crippen LogP contribution in [0.25, 0.3) is 99.1 Å². The first-order valence-electron chi connectivity index (χ1n) is 20.2. The van der Waals surface area contributed by atoms with Gasteiger partial charge in [-0.3, -0.25) is 0 Å². The van der Waals surface area contributed by atoms with E-state index >= 15 is 0 Å². The molecule has 1 unspecified atom stereocenters. The van der Waals surface area contributed by atoms with E-state index in [4.69, 9.17) is 0 Å². The van der Waals surface area contributed by atoms with Gasteiger partial charge >= 0.3 is 0 Å². The Labute approximate surface area is 334 Å². The summed E-state index contributed by atoms with van der Waals surface area (Å²) in [7, 11) is 0. The number of hydrogen-bond acceptors (Lipinski definition) is 0. The summed E-state index contributed by atoms with van der Waals surface area (Å²) in [5.41, 5.74) is 18.1. The second kappa shape index (κ2) is 13.6. The van der Waals surface area contributed by atoms with Crippen LogP contribution < -0.4 is 0 Å². The first-order chi connectivity index (χ1) is 28.2. The molecule has 0 aliphatic heterocycles. The van der Waals surface area contributed by atoms with Gasteiger partial charge in [-0.2, -0.15) is 0 Å². The van der Waals surface area contributed by atoms with Gasteiger partial charge in [0.05, 0.1) is 0 Å². The Kier molecular flexibility index (Phi) is 7.97. The SMILES string of the molecule is CCC1c2ccccc2-c2ccc(-c3c4ccccc4c(-c4ccc(-c5cc(-c6ccccc6)cc(-c6ccccc6)c5)c5ccccc45)c4ccccc34)cc21. The molecule has 0 aromatic heterocycles. The maximum Gasteiger partial charge on any atom is 0.00992 e. The van der Waals surface area contributed by atoms with Crippen molar-refractivity contribution in [3.63, 3.8) is 0 Å². The molecule has 0 radical (unpaired) electrons. The lowest BCUT2D eigenvalue weighted by Crippen LogP contribution is -1.96. The summed E-state index contributed by atoms with van der Waals surface area (Å²) >= 11 is 0. The third kappa shape index (κ3) is 5.44. The molecule has 0 bridgehead atoms. The number of rotatable bonds is 6. The Hall–Kier alpha value is -7.02. The third-order valence-electron chi connectivity index (χ3n) is 12.3. The van der Waals surface area contributed by atoms with E-state index in [-0.39, 0.29) is 0 Å². The summed E-state index contributed by atoms with van der Waals surface area (Å²) in [5.74, 6) is 0.412. The lowest BCUT2D eigenvalue weighted by molar-refractivity contribution is 0.797. The van der Waals surface area contributed by atoms with Crippen LogP contribution in [0.1, 0.15) is 30.4 Å². The predicted octanol–water partition coefficient (Wildman–Crippen LogP) is 16.0. The monoisotopic (exact) mass is 724 g/mol. The van der Waals surface area contributed by atoms with Gasteiger partial charge in [-0.05, 0) is 141 Å². The molecule has 0 fully saturated rings. The molecule has 11 rings (SSSR count). The lowest BCUT2D eigenvalue weighted by Gasteiger charge is -2.20. The van der Waals surface area contributed by atoms with Gasteiger partial charge in [0, 0.05) is 5.92 Å². The molecule has 0 spiro atoms. The minimum Gasteiger partial charge on any atom is -0.0645 e. The van der Waals surface area contributed by atoms with Gasteiger partial charge in [0.25, 0.3) is 0 Å². The molecule has 0 saturated carbocycles. The topological polar surface area (TPSA) is 0 Å². The molecule has 1 aliphatic carbocycles. The van der Waals surface area contributed by atoms with E-state index in [2.05, 4.69) is 213 Å². The molecule has 10 aromatic rings. The van der Waals surface area contributed by atoms with Gasteiger partial charge in [0.2, 0.25) is 0 Å². The van der Waals surface area contributed by atoms with Gasteiger partial charge in [0.1, 0.15) is 0 Å². The van der Waals surface area contributed by atoms with Crippen LogP contribution in [0.4, 0.5) is 0 Å². The summed E-state index contributed by atoms with van der Waals surface area (Å²) in [4.78, 5) is 0. The van der Waals surface area contributed by atoms with Crippen LogP contribution in [0.3, 0.4) is 0 Å². The summed E-state index contributed by atoms with van der Waals surface area (Å²) < 4.78 is 0. The Morgan fingerprint density at radius 1 is 0.281 bits per heavy atom. The van der Waals surface area contributed by atoms with Crippen molar-refractivity contribution in [1.82, 2.24) is 0 Å². The Bertz CT molecular complexity index is 3040. The molecule has 1 aliphatic rings. The van der Waals surface area contributed by atoms with E-state index in [1.165, 1.54) is 110 Å². The fraction of sp³-hybridized carbons (Fsp3) is 0.0526. The largest absolute Gasteiger partial charge is 0.0645 e. The smallest absolute Gasteiger partial charge is 0.00992 e. The minimum atomic E-state index is 0.412. The van der Waals surface area contributed by atoms with Crippen LogP contribution in [-0.4, -0.2) is 0 Å². The van der Waals surface area contributed by atoms with Gasteiger partial charge in [-0.15, -0.1) is 0 Å². The Morgan fingerprint density at radius 2 is 0.719 bits per heavy atom. The van der Waals surface area contributed by atoms with E-state index in [0.717, 1.165) is 6.42 Å². The van der Waals surface area contributed by atoms with Crippen molar-refractivity contribution in [1.29, 1.82) is 0 Å². The lowest BCUT2D eigenvalue weighted by atomic mass is 9.83. The average molecular weight is 725 g/mol. The van der Waals surface area contributed by atoms with E-state index in [9.17, 15) is 0 Å². The standard InChI is InChI=1S/C57H40/c1-2-43-45-21-9-11-23-47(45)49-30-29-39(36-55(43)49)56-50-25-13-15-27-52(50)57(53-28-16-14-26-51(53)56)54-32-31-44(46-22-10-12-24-48(46)54)42-34-40(37-17-5-3-6-18-37)33-41(35-42)38-19-7-4-8-20-38/h3-36,43H,2H2,1H3. The van der Waals surface area contributed by atoms with E-state index in [1.807, 2.05) is 0 Å². The molecule has 0 saturated heterocycles. The summed E-state index contributed by atoms with van der Waals surface area (Å²) in [6.45, 7) is 2.32. The maximum atomic E-state index is 2.49. The number of fused-ring (bicyclic) bond motifs is 6. The second-order valence-corrected chi connectivity index (χ2v) is 15.4. The first kappa shape index (κ1) is 33.3. The first-order valence-corrected chi connectivity index (χ1v) is 20.2. The maximum absolute atomic E-state index is 2.49. The second-order valence-electron chi connectivity index (χ2n) is 15.4. The fourth-order valence-electron chi connectivity index (χ4n) is 9.78. The van der Waals surface area contributed by atoms with Gasteiger partial charge < -0.3 is 0 Å². The van der Waals surface area contributed by atoms with Gasteiger partial charge in [-0.25, -0.2) is 0 Å². The van der Waals surface area contributed by atoms with Crippen molar-refractivity contribution in [3.05, 3.63) is 217 Å². The summed E-state index contributed by atoms with van der Waals surface area (Å²) in [6.07, 6.45) is 1.08. The van der Waals surface area contributed by atoms with E-state index in [1.54, 1.807) is 0 Å². The normalized spacial score (nSPS) is 13.2. The fourth-order valence-corrected chi connectivity index (χ4v) is 9.78. The average Bonchev–Trinajstić information content (AvgIpc) is 3.61. The minimum absolute atomic E-state index is 0.412. The zero-order valence-electron chi connectivity index (χ0n) is 31.9. The van der Waals surface area contributed by atoms with Crippen LogP contribution in [0.15, 0.2) is 206 Å². The van der Waals surface area contributed by atoms with E-state index < -0.39 is 0 Å². The molecular weight excluding hydrogens is 685 g/mol. The Balaban J connectivity index is 1.13. The van der Waals surface area contributed by atoms with Crippen LogP contribution >= 0.6 is 0 Å². The zero-order chi connectivity index (χ0) is 37.9. The van der Waals surface area contributed by atoms with Crippen molar-refractivity contribution in [3.8, 4) is 66.8 Å². The highest BCUT2D eigenvalue weighted by atomic mass is 14.3. The van der Waals surface area contributed by atoms with Crippen molar-refractivity contribution in [2.24, 2.45) is 0 Å². The molecular formula is C57H40. The molecule has 268 valence electrons. The molecule has 0 nitrogen and oxygen atoms in total. The number of benzene rings is 10. The zero-order valence-corrected chi connectivity index (χ0v) is 31.9. The van der Waals surface area contributed by atoms with Crippen molar-refractivity contribution in [2.75, 3.05) is 0 Å². The van der Waals surface area contributed by atoms with Crippen molar-refractivity contribution >= 4 is 32.3 Å². The summed E-state index contributed by atoms with van der Waals surface area (Å²) in [6, 6.07) is 76.6. The van der Waals surface area contributed by atoms with Crippen LogP contribution in [0.2, 0.25) is 0 Å². The number of hydrogen-bond donors (Lipinski definition) is 0. The highest BCUT2D eigenvalue weighted by Gasteiger charge is 2.28. The molecule has 0 N–H and O–H groups in total. The Morgan fingerprint density at radius 3 is 1.32 bits per heavy atom. The highest BCUT2D eigenvalue weighted by molar-refractivity contribution is 6.24. The van der Waals surface area contributed by atoms with Gasteiger partial charge in [0.15, 0.2) is 0 Å². The van der Waals surface area contributed by atoms with Crippen LogP contribution in [-0.2, 0) is 0 Å². The quantitative estimate of drug-likeness (QED) is 0.150. The predicted molar refractivity (Wildman–Crippen MR) is 244 cm³/mol. The molecule has 10 aromatic carbocycles. The van der Waals surface area contributed by atoms with Crippen LogP contribution in [0, 0.1) is 0 Å². The molecule has 0 amide bonds. The van der Waals surface area contributed by atoms with Gasteiger partial charge in [-0.1, -0.05) is 189 Å². The highest BCUT2D eigenvalue weighted by Crippen LogP contribution is 2.50. The van der Waals surface area contributed by atoms with Crippen LogP contribution in [0.5, 0.6) is 0 Å². The summed E-state index contributed by atoms with van der Waals surface area (Å²) in [5, 5.41) is 7.62. The van der Waals surface area contributed by atoms with Crippen molar-refractivity contribution < 1.29 is 0 Å². The third-order valence-corrected chi connectivity index (χ3v) is 12.3. The molecule has 0 heteroatoms. The van der Waals surface area contributed by atoms with Crippen molar-refractivity contribution in [2.45, 2.75) is 19.3 Å². The van der Waals surface area contributed by atoms with E-state index in [0.29, 0.717) is 5.92 Å². The molecule has 1 atom stereocenters. The molecule has 57 heavy (non-hydrogen) atoms. The molecule has 0 heterocycles.